The van der Waals surface area contributed by atoms with E-state index in [0.717, 1.165) is 22.8 Å². The molecule has 96 valence electrons. The Morgan fingerprint density at radius 3 is 2.67 bits per heavy atom. The zero-order chi connectivity index (χ0) is 12.7. The Hall–Kier alpha value is -1.71. The lowest BCUT2D eigenvalue weighted by Gasteiger charge is -2.12. The first kappa shape index (κ1) is 11.4. The van der Waals surface area contributed by atoms with Crippen molar-refractivity contribution < 1.29 is 0 Å². The van der Waals surface area contributed by atoms with E-state index in [9.17, 15) is 0 Å². The molecule has 0 aromatic carbocycles. The lowest BCUT2D eigenvalue weighted by Crippen LogP contribution is -2.09. The predicted octanol–water partition coefficient (Wildman–Crippen LogP) is 2.64. The Morgan fingerprint density at radius 1 is 1.28 bits per heavy atom. The van der Waals surface area contributed by atoms with Gasteiger partial charge < -0.3 is 10.6 Å². The number of fused-ring (bicyclic) bond motifs is 1. The molecular formula is C14H20N4. The SMILES string of the molecule is CN(C)c1ccc2nc(C3CCCC3)c(N)n2c1. The second-order valence-corrected chi connectivity index (χ2v) is 5.37. The van der Waals surface area contributed by atoms with Crippen LogP contribution in [0.3, 0.4) is 0 Å². The molecule has 0 bridgehead atoms. The zero-order valence-corrected chi connectivity index (χ0v) is 11.1. The number of hydrogen-bond donors (Lipinski definition) is 1. The topological polar surface area (TPSA) is 46.6 Å². The molecule has 4 nitrogen and oxygen atoms in total. The van der Waals surface area contributed by atoms with Crippen molar-refractivity contribution in [2.24, 2.45) is 0 Å². The van der Waals surface area contributed by atoms with Crippen molar-refractivity contribution in [3.8, 4) is 0 Å². The smallest absolute Gasteiger partial charge is 0.138 e. The average Bonchev–Trinajstić information content (AvgIpc) is 2.97. The van der Waals surface area contributed by atoms with Crippen molar-refractivity contribution in [1.82, 2.24) is 9.38 Å². The molecule has 1 saturated carbocycles. The molecule has 0 radical (unpaired) electrons. The fourth-order valence-corrected chi connectivity index (χ4v) is 2.83. The Kier molecular flexibility index (Phi) is 2.65. The summed E-state index contributed by atoms with van der Waals surface area (Å²) in [7, 11) is 4.07. The van der Waals surface area contributed by atoms with E-state index in [0.29, 0.717) is 5.92 Å². The van der Waals surface area contributed by atoms with Gasteiger partial charge in [0.05, 0.1) is 11.4 Å². The Labute approximate surface area is 107 Å². The van der Waals surface area contributed by atoms with Crippen LogP contribution in [0.15, 0.2) is 18.3 Å². The van der Waals surface area contributed by atoms with Crippen molar-refractivity contribution in [2.75, 3.05) is 24.7 Å². The molecule has 1 aliphatic rings. The van der Waals surface area contributed by atoms with Crippen LogP contribution in [-0.2, 0) is 0 Å². The normalized spacial score (nSPS) is 16.6. The molecule has 4 heteroatoms. The van der Waals surface area contributed by atoms with Gasteiger partial charge in [-0.05, 0) is 25.0 Å². The summed E-state index contributed by atoms with van der Waals surface area (Å²) < 4.78 is 2.02. The first-order chi connectivity index (χ1) is 8.66. The molecule has 1 fully saturated rings. The predicted molar refractivity (Wildman–Crippen MR) is 75.1 cm³/mol. The van der Waals surface area contributed by atoms with Crippen LogP contribution in [0.2, 0.25) is 0 Å². The number of pyridine rings is 1. The first-order valence-corrected chi connectivity index (χ1v) is 6.61. The summed E-state index contributed by atoms with van der Waals surface area (Å²) in [6, 6.07) is 4.13. The number of hydrogen-bond acceptors (Lipinski definition) is 3. The summed E-state index contributed by atoms with van der Waals surface area (Å²) in [6.45, 7) is 0. The van der Waals surface area contributed by atoms with Crippen LogP contribution >= 0.6 is 0 Å². The lowest BCUT2D eigenvalue weighted by molar-refractivity contribution is 0.706. The lowest BCUT2D eigenvalue weighted by atomic mass is 10.0. The molecule has 2 aromatic heterocycles. The second-order valence-electron chi connectivity index (χ2n) is 5.37. The van der Waals surface area contributed by atoms with Crippen LogP contribution in [0.25, 0.3) is 5.65 Å². The summed E-state index contributed by atoms with van der Waals surface area (Å²) in [4.78, 5) is 6.79. The van der Waals surface area contributed by atoms with Crippen molar-refractivity contribution in [2.45, 2.75) is 31.6 Å². The van der Waals surface area contributed by atoms with E-state index in [-0.39, 0.29) is 0 Å². The van der Waals surface area contributed by atoms with Crippen LogP contribution in [0.4, 0.5) is 11.5 Å². The minimum atomic E-state index is 0.563. The Bertz CT molecular complexity index is 564. The summed E-state index contributed by atoms with van der Waals surface area (Å²) in [5.74, 6) is 1.38. The van der Waals surface area contributed by atoms with E-state index >= 15 is 0 Å². The van der Waals surface area contributed by atoms with Gasteiger partial charge in [0.15, 0.2) is 0 Å². The fraction of sp³-hybridized carbons (Fsp3) is 0.500. The molecule has 1 aliphatic carbocycles. The summed E-state index contributed by atoms with van der Waals surface area (Å²) in [6.07, 6.45) is 7.14. The molecule has 0 spiro atoms. The molecular weight excluding hydrogens is 224 g/mol. The zero-order valence-electron chi connectivity index (χ0n) is 11.1. The highest BCUT2D eigenvalue weighted by Crippen LogP contribution is 2.36. The van der Waals surface area contributed by atoms with Gasteiger partial charge in [0, 0.05) is 26.2 Å². The van der Waals surface area contributed by atoms with E-state index in [1.54, 1.807) is 0 Å². The average molecular weight is 244 g/mol. The molecule has 18 heavy (non-hydrogen) atoms. The monoisotopic (exact) mass is 244 g/mol. The third kappa shape index (κ3) is 1.72. The third-order valence-corrected chi connectivity index (χ3v) is 3.93. The van der Waals surface area contributed by atoms with Crippen LogP contribution < -0.4 is 10.6 Å². The maximum absolute atomic E-state index is 6.27. The highest BCUT2D eigenvalue weighted by Gasteiger charge is 2.23. The van der Waals surface area contributed by atoms with Crippen molar-refractivity contribution >= 4 is 17.2 Å². The van der Waals surface area contributed by atoms with Crippen molar-refractivity contribution in [1.29, 1.82) is 0 Å². The van der Waals surface area contributed by atoms with Crippen LogP contribution in [0.5, 0.6) is 0 Å². The van der Waals surface area contributed by atoms with E-state index < -0.39 is 0 Å². The minimum absolute atomic E-state index is 0.563. The van der Waals surface area contributed by atoms with E-state index in [2.05, 4.69) is 17.2 Å². The summed E-state index contributed by atoms with van der Waals surface area (Å²) in [5.41, 5.74) is 9.47. The molecule has 0 aliphatic heterocycles. The fourth-order valence-electron chi connectivity index (χ4n) is 2.83. The van der Waals surface area contributed by atoms with Gasteiger partial charge >= 0.3 is 0 Å². The number of anilines is 2. The van der Waals surface area contributed by atoms with Gasteiger partial charge in [-0.25, -0.2) is 4.98 Å². The number of nitrogens with zero attached hydrogens (tertiary/aromatic N) is 3. The highest BCUT2D eigenvalue weighted by molar-refractivity contribution is 5.59. The van der Waals surface area contributed by atoms with Gasteiger partial charge in [-0.1, -0.05) is 12.8 Å². The van der Waals surface area contributed by atoms with Crippen molar-refractivity contribution in [3.05, 3.63) is 24.0 Å². The molecule has 3 rings (SSSR count). The van der Waals surface area contributed by atoms with Crippen LogP contribution in [0, 0.1) is 0 Å². The first-order valence-electron chi connectivity index (χ1n) is 6.61. The number of aromatic nitrogens is 2. The third-order valence-electron chi connectivity index (χ3n) is 3.93. The second kappa shape index (κ2) is 4.19. The van der Waals surface area contributed by atoms with Crippen molar-refractivity contribution in [3.63, 3.8) is 0 Å². The number of imidazole rings is 1. The van der Waals surface area contributed by atoms with Gasteiger partial charge in [-0.15, -0.1) is 0 Å². The van der Waals surface area contributed by atoms with Gasteiger partial charge in [0.25, 0.3) is 0 Å². The maximum atomic E-state index is 6.27. The maximum Gasteiger partial charge on any atom is 0.138 e. The molecule has 0 saturated heterocycles. The van der Waals surface area contributed by atoms with E-state index in [1.807, 2.05) is 24.6 Å². The largest absolute Gasteiger partial charge is 0.383 e. The number of rotatable bonds is 2. The summed E-state index contributed by atoms with van der Waals surface area (Å²) >= 11 is 0. The Morgan fingerprint density at radius 2 is 2.00 bits per heavy atom. The van der Waals surface area contributed by atoms with Gasteiger partial charge in [-0.3, -0.25) is 4.40 Å². The molecule has 2 aromatic rings. The molecule has 0 amide bonds. The molecule has 0 unspecified atom stereocenters. The van der Waals surface area contributed by atoms with Crippen LogP contribution in [-0.4, -0.2) is 23.5 Å². The van der Waals surface area contributed by atoms with Gasteiger partial charge in [0.1, 0.15) is 11.5 Å². The molecule has 2 heterocycles. The summed E-state index contributed by atoms with van der Waals surface area (Å²) in [5, 5.41) is 0. The quantitative estimate of drug-likeness (QED) is 0.883. The standard InChI is InChI=1S/C14H20N4/c1-17(2)11-7-8-12-16-13(10-5-3-4-6-10)14(15)18(12)9-11/h7-10H,3-6,15H2,1-2H3. The van der Waals surface area contributed by atoms with Gasteiger partial charge in [0.2, 0.25) is 0 Å². The highest BCUT2D eigenvalue weighted by atomic mass is 15.1. The minimum Gasteiger partial charge on any atom is -0.383 e. The molecule has 0 atom stereocenters. The Balaban J connectivity index is 2.09. The van der Waals surface area contributed by atoms with Crippen LogP contribution in [0.1, 0.15) is 37.3 Å². The number of nitrogen functional groups attached to an aromatic ring is 1. The van der Waals surface area contributed by atoms with E-state index in [1.165, 1.54) is 25.7 Å². The van der Waals surface area contributed by atoms with E-state index in [4.69, 9.17) is 10.7 Å². The number of nitrogens with two attached hydrogens (primary N) is 1. The molecule has 2 N–H and O–H groups in total. The van der Waals surface area contributed by atoms with Gasteiger partial charge in [-0.2, -0.15) is 0 Å².